The zero-order valence-electron chi connectivity index (χ0n) is 9.83. The summed E-state index contributed by atoms with van der Waals surface area (Å²) in [6.07, 6.45) is 0. The van der Waals surface area contributed by atoms with Gasteiger partial charge in [0.1, 0.15) is 0 Å². The van der Waals surface area contributed by atoms with Gasteiger partial charge in [-0.3, -0.25) is 0 Å². The quantitative estimate of drug-likeness (QED) is 0.441. The SMILES string of the molecule is CC1=C(C)C(C)[C]([Ti+2]([CH3])[CH3])=C1C.[Cl-].[Cl-].[SiH4]. The number of halogens is 2. The molecule has 1 unspecified atom stereocenters. The van der Waals surface area contributed by atoms with Crippen molar-refractivity contribution < 1.29 is 42.7 Å². The van der Waals surface area contributed by atoms with Crippen molar-refractivity contribution in [3.05, 3.63) is 20.6 Å². The monoisotopic (exact) mass is 301 g/mol. The average molecular weight is 302 g/mol. The molecule has 1 aliphatic carbocycles. The van der Waals surface area contributed by atoms with Crippen molar-refractivity contribution in [2.45, 2.75) is 38.2 Å². The molecule has 0 saturated heterocycles. The molecule has 0 radical (unpaired) electrons. The maximum Gasteiger partial charge on any atom is -0.0149 e. The van der Waals surface area contributed by atoms with Gasteiger partial charge in [-0.25, -0.2) is 0 Å². The summed E-state index contributed by atoms with van der Waals surface area (Å²) >= 11 is -0.834. The molecule has 0 aliphatic heterocycles. The van der Waals surface area contributed by atoms with Crippen LogP contribution >= 0.6 is 0 Å². The minimum Gasteiger partial charge on any atom is -1.00 e. The Morgan fingerprint density at radius 2 is 1.33 bits per heavy atom. The largest absolute Gasteiger partial charge is 1.00 e. The minimum atomic E-state index is -0.834. The minimum absolute atomic E-state index is 0. The summed E-state index contributed by atoms with van der Waals surface area (Å²) in [7, 11) is 0. The predicted molar refractivity (Wildman–Crippen MR) is 63.3 cm³/mol. The van der Waals surface area contributed by atoms with Gasteiger partial charge in [0.25, 0.3) is 0 Å². The number of hydrogen-bond donors (Lipinski definition) is 0. The summed E-state index contributed by atoms with van der Waals surface area (Å²) in [6.45, 7) is 9.23. The van der Waals surface area contributed by atoms with E-state index in [2.05, 4.69) is 38.2 Å². The molecule has 1 atom stereocenters. The van der Waals surface area contributed by atoms with Gasteiger partial charge < -0.3 is 24.8 Å². The van der Waals surface area contributed by atoms with E-state index in [1.807, 2.05) is 3.88 Å². The van der Waals surface area contributed by atoms with Crippen molar-refractivity contribution in [2.24, 2.45) is 5.92 Å². The van der Waals surface area contributed by atoms with Crippen LogP contribution in [0, 0.1) is 5.92 Å². The van der Waals surface area contributed by atoms with Crippen LogP contribution in [0.15, 0.2) is 20.6 Å². The molecule has 0 fully saturated rings. The van der Waals surface area contributed by atoms with Crippen LogP contribution in [0.4, 0.5) is 0 Å². The van der Waals surface area contributed by atoms with Gasteiger partial charge in [-0.1, -0.05) is 0 Å². The number of rotatable bonds is 1. The van der Waals surface area contributed by atoms with Crippen LogP contribution in [-0.2, 0) is 17.9 Å². The van der Waals surface area contributed by atoms with Gasteiger partial charge >= 0.3 is 82.5 Å². The second-order valence-electron chi connectivity index (χ2n) is 4.07. The van der Waals surface area contributed by atoms with E-state index in [9.17, 15) is 0 Å². The Kier molecular flexibility index (Phi) is 11.6. The molecule has 1 rings (SSSR count). The fraction of sp³-hybridized carbons (Fsp3) is 0.636. The van der Waals surface area contributed by atoms with Crippen LogP contribution in [0.2, 0.25) is 10.5 Å². The van der Waals surface area contributed by atoms with Crippen molar-refractivity contribution in [3.8, 4) is 0 Å². The molecule has 89 valence electrons. The zero-order chi connectivity index (χ0) is 9.46. The fourth-order valence-corrected chi connectivity index (χ4v) is 5.33. The van der Waals surface area contributed by atoms with E-state index in [0.717, 1.165) is 5.92 Å². The zero-order valence-corrected chi connectivity index (χ0v) is 12.9. The number of allylic oxidation sites excluding steroid dienone is 4. The van der Waals surface area contributed by atoms with Crippen molar-refractivity contribution >= 4 is 11.0 Å². The molecule has 0 N–H and O–H groups in total. The Labute approximate surface area is 118 Å². The first-order chi connectivity index (χ1) is 5.46. The molecule has 0 nitrogen and oxygen atoms in total. The summed E-state index contributed by atoms with van der Waals surface area (Å²) < 4.78 is 1.81. The van der Waals surface area contributed by atoms with E-state index in [-0.39, 0.29) is 35.8 Å². The predicted octanol–water partition coefficient (Wildman–Crippen LogP) is -3.48. The Morgan fingerprint density at radius 1 is 0.933 bits per heavy atom. The van der Waals surface area contributed by atoms with Gasteiger partial charge in [0.15, 0.2) is 0 Å². The van der Waals surface area contributed by atoms with Gasteiger partial charge in [0.2, 0.25) is 0 Å². The summed E-state index contributed by atoms with van der Waals surface area (Å²) in [5.74, 6) is 0.759. The van der Waals surface area contributed by atoms with Crippen molar-refractivity contribution in [2.75, 3.05) is 0 Å². The van der Waals surface area contributed by atoms with Crippen LogP contribution in [0.3, 0.4) is 0 Å². The first-order valence-electron chi connectivity index (χ1n) is 4.65. The van der Waals surface area contributed by atoms with Crippen LogP contribution in [-0.4, -0.2) is 11.0 Å². The molecule has 15 heavy (non-hydrogen) atoms. The average Bonchev–Trinajstić information content (AvgIpc) is 2.16. The summed E-state index contributed by atoms with van der Waals surface area (Å²) in [4.78, 5) is 0. The molecular formula is C11H23Cl2SiTi. The third-order valence-corrected chi connectivity index (χ3v) is 6.12. The van der Waals surface area contributed by atoms with Gasteiger partial charge in [-0.05, 0) is 11.0 Å². The van der Waals surface area contributed by atoms with E-state index in [4.69, 9.17) is 0 Å². The van der Waals surface area contributed by atoms with Gasteiger partial charge in [-0.15, -0.1) is 0 Å². The first-order valence-corrected chi connectivity index (χ1v) is 8.56. The van der Waals surface area contributed by atoms with E-state index in [0.29, 0.717) is 0 Å². The van der Waals surface area contributed by atoms with E-state index in [1.54, 1.807) is 16.7 Å². The van der Waals surface area contributed by atoms with E-state index < -0.39 is 17.9 Å². The van der Waals surface area contributed by atoms with E-state index in [1.165, 1.54) is 0 Å². The number of hydrogen-bond acceptors (Lipinski definition) is 0. The smallest absolute Gasteiger partial charge is 0.0149 e. The second kappa shape index (κ2) is 8.14. The van der Waals surface area contributed by atoms with E-state index >= 15 is 0 Å². The normalized spacial score (nSPS) is 19.2. The second-order valence-corrected chi connectivity index (χ2v) is 8.03. The molecule has 0 aromatic carbocycles. The van der Waals surface area contributed by atoms with Crippen molar-refractivity contribution in [3.63, 3.8) is 0 Å². The van der Waals surface area contributed by atoms with Crippen LogP contribution in [0.1, 0.15) is 27.7 Å². The standard InChI is InChI=1S/C9H13.2CH3.2ClH.H4Si.Ti/c1-6-5-7(2)9(4)8(6)3;;;;;;/h6H,1-4H3;2*1H3;2*1H;1H4;/q;;;;;;+2/p-2. The van der Waals surface area contributed by atoms with Crippen LogP contribution in [0.5, 0.6) is 0 Å². The summed E-state index contributed by atoms with van der Waals surface area (Å²) in [5.41, 5.74) is 4.78. The van der Waals surface area contributed by atoms with Gasteiger partial charge in [0, 0.05) is 0 Å². The Morgan fingerprint density at radius 3 is 1.47 bits per heavy atom. The summed E-state index contributed by atoms with van der Waals surface area (Å²) in [6, 6.07) is 0. The maximum atomic E-state index is 2.46. The third-order valence-electron chi connectivity index (χ3n) is 3.18. The first kappa shape index (κ1) is 21.3. The molecule has 0 aromatic heterocycles. The Hall–Kier alpha value is 0.991. The van der Waals surface area contributed by atoms with Crippen LogP contribution in [0.25, 0.3) is 0 Å². The topological polar surface area (TPSA) is 0 Å². The molecule has 0 spiro atoms. The van der Waals surface area contributed by atoms with Gasteiger partial charge in [-0.2, -0.15) is 0 Å². The molecule has 0 amide bonds. The van der Waals surface area contributed by atoms with Crippen molar-refractivity contribution in [1.29, 1.82) is 0 Å². The molecule has 0 aromatic rings. The molecule has 4 heteroatoms. The molecule has 0 saturated carbocycles. The molecule has 0 heterocycles. The molecule has 0 bridgehead atoms. The summed E-state index contributed by atoms with van der Waals surface area (Å²) in [5, 5.41) is 4.92. The van der Waals surface area contributed by atoms with Gasteiger partial charge in [0.05, 0.1) is 0 Å². The molecule has 1 aliphatic rings. The molecular weight excluding hydrogens is 279 g/mol. The third kappa shape index (κ3) is 4.05. The maximum absolute atomic E-state index is 2.46. The Balaban J connectivity index is -0.000000480. The van der Waals surface area contributed by atoms with Crippen LogP contribution < -0.4 is 24.8 Å². The Bertz CT molecular complexity index is 270. The fourth-order valence-electron chi connectivity index (χ4n) is 2.17. The van der Waals surface area contributed by atoms with Crippen molar-refractivity contribution in [1.82, 2.24) is 0 Å².